The highest BCUT2D eigenvalue weighted by Gasteiger charge is 2.22. The molecule has 2 aliphatic heterocycles. The van der Waals surface area contributed by atoms with Crippen molar-refractivity contribution in [2.24, 2.45) is 0 Å². The third kappa shape index (κ3) is 5.38. The van der Waals surface area contributed by atoms with Gasteiger partial charge in [-0.25, -0.2) is 0 Å². The van der Waals surface area contributed by atoms with E-state index in [-0.39, 0.29) is 5.91 Å². The average molecular weight is 490 g/mol. The first-order valence-electron chi connectivity index (χ1n) is 12.8. The van der Waals surface area contributed by atoms with Crippen molar-refractivity contribution in [2.45, 2.75) is 32.1 Å². The van der Waals surface area contributed by atoms with Gasteiger partial charge in [-0.15, -0.1) is 5.53 Å². The zero-order chi connectivity index (χ0) is 24.9. The second kappa shape index (κ2) is 11.1. The van der Waals surface area contributed by atoms with Crippen LogP contribution in [0.5, 0.6) is 0 Å². The van der Waals surface area contributed by atoms with Crippen LogP contribution in [0, 0.1) is 0 Å². The number of ether oxygens (including phenoxy) is 1. The maximum atomic E-state index is 12.4. The highest BCUT2D eigenvalue weighted by atomic mass is 16.5. The summed E-state index contributed by atoms with van der Waals surface area (Å²) in [6, 6.07) is 14.1. The summed E-state index contributed by atoms with van der Waals surface area (Å²) in [5, 5.41) is 13.6. The molecule has 0 aliphatic carbocycles. The number of H-pyrrole nitrogens is 1. The molecule has 0 saturated carbocycles. The Balaban J connectivity index is 1.26. The maximum absolute atomic E-state index is 12.4. The summed E-state index contributed by atoms with van der Waals surface area (Å²) in [6.45, 7) is 6.08. The van der Waals surface area contributed by atoms with E-state index in [0.717, 1.165) is 47.5 Å². The Morgan fingerprint density at radius 1 is 1.14 bits per heavy atom. The number of hydrazine groups is 2. The third-order valence-electron chi connectivity index (χ3n) is 6.89. The van der Waals surface area contributed by atoms with E-state index < -0.39 is 0 Å². The van der Waals surface area contributed by atoms with Crippen LogP contribution in [0.15, 0.2) is 48.7 Å². The SMILES string of the molecule is CCCOCCNC(=O)c1ccc(N2C=C(c3n[nH]c4ccc(C5CCN(C)CC5)cc34)NN2)cc1. The number of rotatable bonds is 9. The Bertz CT molecular complexity index is 1210. The summed E-state index contributed by atoms with van der Waals surface area (Å²) in [5.74, 6) is 0.488. The van der Waals surface area contributed by atoms with Gasteiger partial charge in [-0.3, -0.25) is 20.3 Å². The highest BCUT2D eigenvalue weighted by molar-refractivity contribution is 5.94. The molecule has 3 aromatic rings. The van der Waals surface area contributed by atoms with E-state index in [1.165, 1.54) is 18.4 Å². The molecule has 190 valence electrons. The number of piperidine rings is 1. The van der Waals surface area contributed by atoms with Crippen LogP contribution in [0.25, 0.3) is 16.6 Å². The summed E-state index contributed by atoms with van der Waals surface area (Å²) in [7, 11) is 2.19. The van der Waals surface area contributed by atoms with Crippen LogP contribution in [0.1, 0.15) is 53.7 Å². The van der Waals surface area contributed by atoms with Crippen molar-refractivity contribution in [1.82, 2.24) is 31.4 Å². The predicted octanol–water partition coefficient (Wildman–Crippen LogP) is 3.36. The van der Waals surface area contributed by atoms with Gasteiger partial charge in [0.1, 0.15) is 5.69 Å². The largest absolute Gasteiger partial charge is 0.380 e. The van der Waals surface area contributed by atoms with Crippen LogP contribution in [-0.4, -0.2) is 60.9 Å². The monoisotopic (exact) mass is 489 g/mol. The molecule has 4 N–H and O–H groups in total. The Hall–Kier alpha value is -3.40. The molecule has 1 aromatic heterocycles. The van der Waals surface area contributed by atoms with Gasteiger partial charge in [-0.05, 0) is 87.3 Å². The number of nitrogens with zero attached hydrogens (tertiary/aromatic N) is 3. The molecule has 0 atom stereocenters. The molecule has 1 fully saturated rings. The van der Waals surface area contributed by atoms with Gasteiger partial charge in [-0.1, -0.05) is 13.0 Å². The lowest BCUT2D eigenvalue weighted by atomic mass is 9.89. The van der Waals surface area contributed by atoms with Crippen molar-refractivity contribution in [1.29, 1.82) is 0 Å². The number of carbonyl (C=O) groups excluding carboxylic acids is 1. The van der Waals surface area contributed by atoms with E-state index in [2.05, 4.69) is 63.5 Å². The first kappa shape index (κ1) is 24.3. The molecule has 9 nitrogen and oxygen atoms in total. The van der Waals surface area contributed by atoms with Crippen molar-refractivity contribution in [3.05, 3.63) is 65.5 Å². The fraction of sp³-hybridized carbons (Fsp3) is 0.407. The van der Waals surface area contributed by atoms with E-state index in [9.17, 15) is 4.79 Å². The first-order valence-corrected chi connectivity index (χ1v) is 12.8. The van der Waals surface area contributed by atoms with Crippen molar-refractivity contribution in [3.8, 4) is 0 Å². The highest BCUT2D eigenvalue weighted by Crippen LogP contribution is 2.32. The van der Waals surface area contributed by atoms with Crippen molar-refractivity contribution in [3.63, 3.8) is 0 Å². The van der Waals surface area contributed by atoms with Crippen LogP contribution in [0.2, 0.25) is 0 Å². The summed E-state index contributed by atoms with van der Waals surface area (Å²) in [6.07, 6.45) is 5.33. The van der Waals surface area contributed by atoms with Crippen molar-refractivity contribution >= 4 is 28.2 Å². The molecule has 0 unspecified atom stereocenters. The van der Waals surface area contributed by atoms with Crippen LogP contribution >= 0.6 is 0 Å². The molecule has 2 aromatic carbocycles. The smallest absolute Gasteiger partial charge is 0.251 e. The molecule has 5 rings (SSSR count). The Morgan fingerprint density at radius 2 is 1.94 bits per heavy atom. The Labute approximate surface area is 211 Å². The minimum Gasteiger partial charge on any atom is -0.380 e. The van der Waals surface area contributed by atoms with E-state index in [1.54, 1.807) is 0 Å². The van der Waals surface area contributed by atoms with Crippen LogP contribution in [0.4, 0.5) is 5.69 Å². The number of fused-ring (bicyclic) bond motifs is 1. The predicted molar refractivity (Wildman–Crippen MR) is 142 cm³/mol. The number of aromatic amines is 1. The number of amides is 1. The van der Waals surface area contributed by atoms with Crippen LogP contribution < -0.4 is 21.3 Å². The fourth-order valence-electron chi connectivity index (χ4n) is 4.76. The number of aromatic nitrogens is 2. The van der Waals surface area contributed by atoms with Crippen molar-refractivity contribution < 1.29 is 9.53 Å². The molecule has 1 amide bonds. The quantitative estimate of drug-likeness (QED) is 0.342. The van der Waals surface area contributed by atoms with Gasteiger partial charge in [0.05, 0.1) is 29.7 Å². The minimum absolute atomic E-state index is 0.103. The van der Waals surface area contributed by atoms with Gasteiger partial charge in [0, 0.05) is 24.1 Å². The Kier molecular flexibility index (Phi) is 7.50. The van der Waals surface area contributed by atoms with E-state index >= 15 is 0 Å². The second-order valence-electron chi connectivity index (χ2n) is 9.52. The zero-order valence-electron chi connectivity index (χ0n) is 21.0. The summed E-state index contributed by atoms with van der Waals surface area (Å²) < 4.78 is 5.41. The number of nitrogens with one attached hydrogen (secondary N) is 4. The maximum Gasteiger partial charge on any atom is 0.251 e. The number of hydrogen-bond acceptors (Lipinski definition) is 7. The Morgan fingerprint density at radius 3 is 2.72 bits per heavy atom. The van der Waals surface area contributed by atoms with Gasteiger partial charge in [0.2, 0.25) is 0 Å². The molecule has 0 spiro atoms. The molecule has 3 heterocycles. The number of carbonyl (C=O) groups is 1. The van der Waals surface area contributed by atoms with E-state index in [1.807, 2.05) is 35.5 Å². The van der Waals surface area contributed by atoms with Gasteiger partial charge >= 0.3 is 0 Å². The number of benzene rings is 2. The normalized spacial score (nSPS) is 16.8. The molecule has 0 bridgehead atoms. The topological polar surface area (TPSA) is 97.5 Å². The summed E-state index contributed by atoms with van der Waals surface area (Å²) >= 11 is 0. The van der Waals surface area contributed by atoms with E-state index in [4.69, 9.17) is 4.74 Å². The average Bonchev–Trinajstić information content (AvgIpc) is 3.56. The molecule has 0 radical (unpaired) electrons. The number of likely N-dealkylation sites (tertiary alicyclic amines) is 1. The lowest BCUT2D eigenvalue weighted by Gasteiger charge is -2.29. The first-order chi connectivity index (χ1) is 17.6. The lowest BCUT2D eigenvalue weighted by Crippen LogP contribution is -2.36. The summed E-state index contributed by atoms with van der Waals surface area (Å²) in [4.78, 5) is 14.8. The number of hydrogen-bond donors (Lipinski definition) is 4. The molecule has 36 heavy (non-hydrogen) atoms. The van der Waals surface area contributed by atoms with Crippen LogP contribution in [-0.2, 0) is 4.74 Å². The molecular formula is C27H35N7O2. The summed E-state index contributed by atoms with van der Waals surface area (Å²) in [5.41, 5.74) is 12.1. The van der Waals surface area contributed by atoms with Crippen LogP contribution in [0.3, 0.4) is 0 Å². The van der Waals surface area contributed by atoms with Gasteiger partial charge < -0.3 is 15.0 Å². The van der Waals surface area contributed by atoms with Gasteiger partial charge in [0.25, 0.3) is 5.91 Å². The molecule has 9 heteroatoms. The second-order valence-corrected chi connectivity index (χ2v) is 9.52. The zero-order valence-corrected chi connectivity index (χ0v) is 21.0. The molecule has 1 saturated heterocycles. The molecule has 2 aliphatic rings. The number of anilines is 1. The lowest BCUT2D eigenvalue weighted by molar-refractivity contribution is 0.0915. The van der Waals surface area contributed by atoms with E-state index in [0.29, 0.717) is 31.2 Å². The minimum atomic E-state index is -0.103. The standard InChI is InChI=1S/C27H35N7O2/c1-3-15-36-16-12-28-27(35)20-4-7-22(8-5-20)34-18-25(30-32-34)26-23-17-21(6-9-24(23)29-31-26)19-10-13-33(2)14-11-19/h4-9,17-19,30,32H,3,10-16H2,1-2H3,(H,28,35)(H,29,31). The molecular weight excluding hydrogens is 454 g/mol. The van der Waals surface area contributed by atoms with Gasteiger partial charge in [0.15, 0.2) is 0 Å². The third-order valence-corrected chi connectivity index (χ3v) is 6.89. The fourth-order valence-corrected chi connectivity index (χ4v) is 4.76. The van der Waals surface area contributed by atoms with Crippen molar-refractivity contribution in [2.75, 3.05) is 44.9 Å². The van der Waals surface area contributed by atoms with Gasteiger partial charge in [-0.2, -0.15) is 5.10 Å².